The second kappa shape index (κ2) is 3.73. The molecule has 0 saturated carbocycles. The molecule has 0 N–H and O–H groups in total. The van der Waals surface area contributed by atoms with Crippen molar-refractivity contribution in [3.8, 4) is 5.69 Å². The van der Waals surface area contributed by atoms with Crippen molar-refractivity contribution in [2.75, 3.05) is 0 Å². The Morgan fingerprint density at radius 3 is 2.33 bits per heavy atom. The average Bonchev–Trinajstić information content (AvgIpc) is 2.27. The van der Waals surface area contributed by atoms with Gasteiger partial charge in [-0.2, -0.15) is 0 Å². The molecule has 2 nitrogen and oxygen atoms in total. The van der Waals surface area contributed by atoms with Gasteiger partial charge in [0.2, 0.25) is 0 Å². The highest BCUT2D eigenvalue weighted by molar-refractivity contribution is 5.34. The highest BCUT2D eigenvalue weighted by atomic mass is 16.1. The first-order chi connectivity index (χ1) is 7.20. The van der Waals surface area contributed by atoms with Crippen LogP contribution in [0.25, 0.3) is 5.69 Å². The Balaban J connectivity index is 2.66. The van der Waals surface area contributed by atoms with Gasteiger partial charge in [0.25, 0.3) is 5.56 Å². The molecule has 2 aromatic rings. The molecule has 15 heavy (non-hydrogen) atoms. The minimum absolute atomic E-state index is 0.0567. The van der Waals surface area contributed by atoms with Crippen LogP contribution < -0.4 is 5.56 Å². The minimum atomic E-state index is 0.0567. The van der Waals surface area contributed by atoms with E-state index in [4.69, 9.17) is 0 Å². The SMILES string of the molecule is Cc1ccn(-c2ccccc2)c(=O)c1C. The van der Waals surface area contributed by atoms with E-state index in [9.17, 15) is 4.79 Å². The molecule has 1 heterocycles. The van der Waals surface area contributed by atoms with Crippen LogP contribution in [-0.4, -0.2) is 4.57 Å². The predicted molar refractivity (Wildman–Crippen MR) is 61.5 cm³/mol. The summed E-state index contributed by atoms with van der Waals surface area (Å²) in [5.74, 6) is 0. The van der Waals surface area contributed by atoms with E-state index in [1.807, 2.05) is 56.4 Å². The van der Waals surface area contributed by atoms with Crippen LogP contribution in [0.1, 0.15) is 11.1 Å². The maximum absolute atomic E-state index is 12.0. The van der Waals surface area contributed by atoms with E-state index in [-0.39, 0.29) is 5.56 Å². The van der Waals surface area contributed by atoms with Crippen molar-refractivity contribution in [3.63, 3.8) is 0 Å². The molecule has 0 unspecified atom stereocenters. The molecule has 0 saturated heterocycles. The fourth-order valence-corrected chi connectivity index (χ4v) is 1.52. The van der Waals surface area contributed by atoms with Crippen molar-refractivity contribution in [2.45, 2.75) is 13.8 Å². The average molecular weight is 199 g/mol. The van der Waals surface area contributed by atoms with Gasteiger partial charge in [-0.05, 0) is 37.6 Å². The molecule has 0 spiro atoms. The molecule has 0 amide bonds. The first-order valence-electron chi connectivity index (χ1n) is 4.94. The molecule has 0 radical (unpaired) electrons. The Morgan fingerprint density at radius 2 is 1.67 bits per heavy atom. The smallest absolute Gasteiger partial charge is 0.258 e. The van der Waals surface area contributed by atoms with Crippen molar-refractivity contribution in [1.29, 1.82) is 0 Å². The first-order valence-corrected chi connectivity index (χ1v) is 4.94. The number of nitrogens with zero attached hydrogens (tertiary/aromatic N) is 1. The van der Waals surface area contributed by atoms with Gasteiger partial charge < -0.3 is 0 Å². The molecular formula is C13H13NO. The zero-order valence-corrected chi connectivity index (χ0v) is 8.90. The number of hydrogen-bond donors (Lipinski definition) is 0. The summed E-state index contributed by atoms with van der Waals surface area (Å²) < 4.78 is 1.67. The number of rotatable bonds is 1. The van der Waals surface area contributed by atoms with Crippen molar-refractivity contribution >= 4 is 0 Å². The highest BCUT2D eigenvalue weighted by Gasteiger charge is 2.03. The molecule has 0 bridgehead atoms. The van der Waals surface area contributed by atoms with Crippen LogP contribution in [0.3, 0.4) is 0 Å². The van der Waals surface area contributed by atoms with Gasteiger partial charge in [0.15, 0.2) is 0 Å². The lowest BCUT2D eigenvalue weighted by Gasteiger charge is -2.07. The van der Waals surface area contributed by atoms with Crippen LogP contribution in [0.5, 0.6) is 0 Å². The van der Waals surface area contributed by atoms with E-state index in [2.05, 4.69) is 0 Å². The van der Waals surface area contributed by atoms with Gasteiger partial charge in [-0.1, -0.05) is 18.2 Å². The summed E-state index contributed by atoms with van der Waals surface area (Å²) in [6, 6.07) is 11.6. The number of aryl methyl sites for hydroxylation is 1. The normalized spacial score (nSPS) is 10.3. The molecule has 0 aliphatic rings. The third-order valence-corrected chi connectivity index (χ3v) is 2.64. The second-order valence-corrected chi connectivity index (χ2v) is 3.63. The van der Waals surface area contributed by atoms with E-state index in [0.29, 0.717) is 0 Å². The zero-order chi connectivity index (χ0) is 10.8. The molecule has 0 aliphatic carbocycles. The Labute approximate surface area is 88.8 Å². The molecule has 1 aromatic carbocycles. The minimum Gasteiger partial charge on any atom is -0.284 e. The number of hydrogen-bond acceptors (Lipinski definition) is 1. The largest absolute Gasteiger partial charge is 0.284 e. The number of benzene rings is 1. The van der Waals surface area contributed by atoms with Gasteiger partial charge in [-0.25, -0.2) is 0 Å². The fourth-order valence-electron chi connectivity index (χ4n) is 1.52. The van der Waals surface area contributed by atoms with E-state index in [1.165, 1.54) is 0 Å². The Morgan fingerprint density at radius 1 is 1.00 bits per heavy atom. The predicted octanol–water partition coefficient (Wildman–Crippen LogP) is 2.45. The summed E-state index contributed by atoms with van der Waals surface area (Å²) in [7, 11) is 0. The number of pyridine rings is 1. The monoisotopic (exact) mass is 199 g/mol. The van der Waals surface area contributed by atoms with Gasteiger partial charge in [-0.15, -0.1) is 0 Å². The summed E-state index contributed by atoms with van der Waals surface area (Å²) in [4.78, 5) is 12.0. The molecule has 0 aliphatic heterocycles. The van der Waals surface area contributed by atoms with Crippen molar-refractivity contribution in [3.05, 3.63) is 64.1 Å². The van der Waals surface area contributed by atoms with Gasteiger partial charge in [0.1, 0.15) is 0 Å². The van der Waals surface area contributed by atoms with Crippen molar-refractivity contribution < 1.29 is 0 Å². The fraction of sp³-hybridized carbons (Fsp3) is 0.154. The first kappa shape index (κ1) is 9.71. The van der Waals surface area contributed by atoms with E-state index in [0.717, 1.165) is 16.8 Å². The summed E-state index contributed by atoms with van der Waals surface area (Å²) in [6.07, 6.45) is 1.82. The van der Waals surface area contributed by atoms with Crippen LogP contribution in [0.4, 0.5) is 0 Å². The van der Waals surface area contributed by atoms with Gasteiger partial charge in [0, 0.05) is 17.4 Å². The molecule has 0 fully saturated rings. The van der Waals surface area contributed by atoms with Crippen LogP contribution in [-0.2, 0) is 0 Å². The van der Waals surface area contributed by atoms with E-state index in [1.54, 1.807) is 4.57 Å². The van der Waals surface area contributed by atoms with Crippen LogP contribution in [0.15, 0.2) is 47.4 Å². The molecule has 2 heteroatoms. The molecule has 1 aromatic heterocycles. The number of aromatic nitrogens is 1. The maximum Gasteiger partial charge on any atom is 0.258 e. The lowest BCUT2D eigenvalue weighted by Crippen LogP contribution is -2.20. The van der Waals surface area contributed by atoms with Crippen LogP contribution in [0.2, 0.25) is 0 Å². The third-order valence-electron chi connectivity index (χ3n) is 2.64. The zero-order valence-electron chi connectivity index (χ0n) is 8.90. The summed E-state index contributed by atoms with van der Waals surface area (Å²) >= 11 is 0. The van der Waals surface area contributed by atoms with Gasteiger partial charge >= 0.3 is 0 Å². The van der Waals surface area contributed by atoms with Crippen LogP contribution >= 0.6 is 0 Å². The highest BCUT2D eigenvalue weighted by Crippen LogP contribution is 2.06. The van der Waals surface area contributed by atoms with Crippen LogP contribution in [0, 0.1) is 13.8 Å². The van der Waals surface area contributed by atoms with Gasteiger partial charge in [-0.3, -0.25) is 9.36 Å². The van der Waals surface area contributed by atoms with Gasteiger partial charge in [0.05, 0.1) is 0 Å². The van der Waals surface area contributed by atoms with Crippen molar-refractivity contribution in [1.82, 2.24) is 4.57 Å². The lowest BCUT2D eigenvalue weighted by atomic mass is 10.2. The third kappa shape index (κ3) is 1.71. The Bertz CT molecular complexity index is 526. The van der Waals surface area contributed by atoms with E-state index < -0.39 is 0 Å². The Hall–Kier alpha value is -1.83. The maximum atomic E-state index is 12.0. The van der Waals surface area contributed by atoms with E-state index >= 15 is 0 Å². The molecule has 76 valence electrons. The molecule has 2 rings (SSSR count). The quantitative estimate of drug-likeness (QED) is 0.691. The summed E-state index contributed by atoms with van der Waals surface area (Å²) in [6.45, 7) is 3.81. The second-order valence-electron chi connectivity index (χ2n) is 3.63. The number of para-hydroxylation sites is 1. The summed E-state index contributed by atoms with van der Waals surface area (Å²) in [5.41, 5.74) is 2.81. The topological polar surface area (TPSA) is 22.0 Å². The summed E-state index contributed by atoms with van der Waals surface area (Å²) in [5, 5.41) is 0. The Kier molecular flexibility index (Phi) is 2.42. The molecular weight excluding hydrogens is 186 g/mol. The lowest BCUT2D eigenvalue weighted by molar-refractivity contribution is 0.959. The molecule has 0 atom stereocenters. The van der Waals surface area contributed by atoms with Crippen molar-refractivity contribution in [2.24, 2.45) is 0 Å². The standard InChI is InChI=1S/C13H13NO/c1-10-8-9-14(13(15)11(10)2)12-6-4-3-5-7-12/h3-9H,1-2H3.